The monoisotopic (exact) mass is 419 g/mol. The lowest BCUT2D eigenvalue weighted by Crippen LogP contribution is -2.57. The van der Waals surface area contributed by atoms with Crippen LogP contribution in [-0.4, -0.2) is 70.2 Å². The zero-order chi connectivity index (χ0) is 22.3. The Kier molecular flexibility index (Phi) is 7.90. The zero-order valence-electron chi connectivity index (χ0n) is 16.3. The maximum atomic E-state index is 12.8. The van der Waals surface area contributed by atoms with Gasteiger partial charge < -0.3 is 36.9 Å². The smallest absolute Gasteiger partial charge is 0.325 e. The number of carboxylic acid groups (broad SMARTS) is 1. The van der Waals surface area contributed by atoms with Crippen molar-refractivity contribution in [2.75, 3.05) is 13.2 Å². The first kappa shape index (κ1) is 22.8. The van der Waals surface area contributed by atoms with Crippen molar-refractivity contribution < 1.29 is 29.4 Å². The van der Waals surface area contributed by atoms with Gasteiger partial charge >= 0.3 is 5.97 Å². The fourth-order valence-electron chi connectivity index (χ4n) is 2.83. The average molecular weight is 419 g/mol. The van der Waals surface area contributed by atoms with Gasteiger partial charge in [0.25, 0.3) is 0 Å². The van der Waals surface area contributed by atoms with E-state index in [-0.39, 0.29) is 13.0 Å². The van der Waals surface area contributed by atoms with Gasteiger partial charge in [-0.25, -0.2) is 0 Å². The summed E-state index contributed by atoms with van der Waals surface area (Å²) in [6.45, 7) is 0.157. The van der Waals surface area contributed by atoms with E-state index in [1.54, 1.807) is 6.20 Å². The van der Waals surface area contributed by atoms with Crippen molar-refractivity contribution in [3.8, 4) is 0 Å². The van der Waals surface area contributed by atoms with E-state index in [1.165, 1.54) is 6.92 Å². The number of aliphatic hydroxyl groups excluding tert-OH is 1. The Morgan fingerprint density at radius 3 is 2.37 bits per heavy atom. The highest BCUT2D eigenvalue weighted by Gasteiger charge is 2.28. The number of carbonyl (C=O) groups excluding carboxylic acids is 3. The van der Waals surface area contributed by atoms with Gasteiger partial charge in [-0.3, -0.25) is 19.2 Å². The Hall–Kier alpha value is -3.44. The molecule has 1 aromatic carbocycles. The molecule has 3 amide bonds. The highest BCUT2D eigenvalue weighted by molar-refractivity contribution is 5.94. The molecule has 0 aliphatic heterocycles. The van der Waals surface area contributed by atoms with Crippen LogP contribution in [0.2, 0.25) is 0 Å². The largest absolute Gasteiger partial charge is 0.480 e. The Morgan fingerprint density at radius 2 is 1.73 bits per heavy atom. The second-order valence-corrected chi connectivity index (χ2v) is 6.70. The second kappa shape index (κ2) is 10.4. The molecule has 0 spiro atoms. The van der Waals surface area contributed by atoms with Gasteiger partial charge in [0.05, 0.1) is 13.2 Å². The van der Waals surface area contributed by atoms with Crippen LogP contribution >= 0.6 is 0 Å². The topological polar surface area (TPSA) is 187 Å². The lowest BCUT2D eigenvalue weighted by atomic mass is 10.0. The SMILES string of the molecule is CC(NC(=O)C(CO)NC(=O)C(Cc1c[nH]c2ccccc12)NC(=O)CN)C(=O)O. The molecule has 0 aliphatic rings. The lowest BCUT2D eigenvalue weighted by molar-refractivity contribution is -0.142. The van der Waals surface area contributed by atoms with Crippen molar-refractivity contribution in [3.05, 3.63) is 36.0 Å². The highest BCUT2D eigenvalue weighted by Crippen LogP contribution is 2.19. The summed E-state index contributed by atoms with van der Waals surface area (Å²) in [6.07, 6.45) is 1.82. The molecule has 3 atom stereocenters. The first-order valence-electron chi connectivity index (χ1n) is 9.25. The van der Waals surface area contributed by atoms with Crippen molar-refractivity contribution >= 4 is 34.6 Å². The molecule has 0 radical (unpaired) electrons. The molecule has 11 nitrogen and oxygen atoms in total. The normalized spacial score (nSPS) is 13.8. The van der Waals surface area contributed by atoms with Crippen LogP contribution < -0.4 is 21.7 Å². The van der Waals surface area contributed by atoms with E-state index in [4.69, 9.17) is 10.8 Å². The van der Waals surface area contributed by atoms with Crippen LogP contribution in [0.25, 0.3) is 10.9 Å². The second-order valence-electron chi connectivity index (χ2n) is 6.70. The van der Waals surface area contributed by atoms with Gasteiger partial charge in [-0.2, -0.15) is 0 Å². The van der Waals surface area contributed by atoms with Gasteiger partial charge in [0.15, 0.2) is 0 Å². The summed E-state index contributed by atoms with van der Waals surface area (Å²) in [7, 11) is 0. The van der Waals surface area contributed by atoms with Crippen molar-refractivity contribution in [2.24, 2.45) is 5.73 Å². The summed E-state index contributed by atoms with van der Waals surface area (Å²) in [5, 5.41) is 26.2. The van der Waals surface area contributed by atoms with Crippen molar-refractivity contribution in [2.45, 2.75) is 31.5 Å². The number of fused-ring (bicyclic) bond motifs is 1. The van der Waals surface area contributed by atoms with E-state index in [9.17, 15) is 24.3 Å². The van der Waals surface area contributed by atoms with Gasteiger partial charge in [0.1, 0.15) is 18.1 Å². The van der Waals surface area contributed by atoms with Crippen LogP contribution in [0.4, 0.5) is 0 Å². The zero-order valence-corrected chi connectivity index (χ0v) is 16.3. The number of nitrogens with two attached hydrogens (primary N) is 1. The molecular formula is C19H25N5O6. The van der Waals surface area contributed by atoms with Crippen LogP contribution in [0.3, 0.4) is 0 Å². The molecule has 2 rings (SSSR count). The fourth-order valence-corrected chi connectivity index (χ4v) is 2.83. The van der Waals surface area contributed by atoms with E-state index in [0.717, 1.165) is 16.5 Å². The molecule has 0 saturated carbocycles. The first-order valence-corrected chi connectivity index (χ1v) is 9.25. The predicted molar refractivity (Wildman–Crippen MR) is 107 cm³/mol. The molecule has 0 aliphatic carbocycles. The lowest BCUT2D eigenvalue weighted by Gasteiger charge is -2.22. The molecule has 2 aromatic rings. The summed E-state index contributed by atoms with van der Waals surface area (Å²) < 4.78 is 0. The third-order valence-electron chi connectivity index (χ3n) is 4.48. The number of aliphatic carboxylic acids is 1. The molecule has 0 saturated heterocycles. The molecule has 8 N–H and O–H groups in total. The minimum Gasteiger partial charge on any atom is -0.480 e. The molecule has 11 heteroatoms. The summed E-state index contributed by atoms with van der Waals surface area (Å²) in [5.41, 5.74) is 6.94. The van der Waals surface area contributed by atoms with Crippen LogP contribution in [0, 0.1) is 0 Å². The third kappa shape index (κ3) is 5.78. The van der Waals surface area contributed by atoms with Crippen LogP contribution in [0.15, 0.2) is 30.5 Å². The molecular weight excluding hydrogens is 394 g/mol. The van der Waals surface area contributed by atoms with Crippen molar-refractivity contribution in [1.82, 2.24) is 20.9 Å². The van der Waals surface area contributed by atoms with E-state index < -0.39 is 48.4 Å². The number of carboxylic acids is 1. The number of nitrogens with one attached hydrogen (secondary N) is 4. The number of carbonyl (C=O) groups is 4. The van der Waals surface area contributed by atoms with E-state index in [1.807, 2.05) is 24.3 Å². The molecule has 0 fully saturated rings. The summed E-state index contributed by atoms with van der Waals surface area (Å²) >= 11 is 0. The number of para-hydroxylation sites is 1. The van der Waals surface area contributed by atoms with Crippen LogP contribution in [-0.2, 0) is 25.6 Å². The number of rotatable bonds is 10. The minimum absolute atomic E-state index is 0.104. The fraction of sp³-hybridized carbons (Fsp3) is 0.368. The summed E-state index contributed by atoms with van der Waals surface area (Å²) in [4.78, 5) is 50.7. The number of aliphatic hydroxyl groups is 1. The maximum Gasteiger partial charge on any atom is 0.325 e. The molecule has 3 unspecified atom stereocenters. The molecule has 30 heavy (non-hydrogen) atoms. The van der Waals surface area contributed by atoms with E-state index in [0.29, 0.717) is 0 Å². The Labute approximate surface area is 172 Å². The highest BCUT2D eigenvalue weighted by atomic mass is 16.4. The Balaban J connectivity index is 2.16. The Morgan fingerprint density at radius 1 is 1.07 bits per heavy atom. The summed E-state index contributed by atoms with van der Waals surface area (Å²) in [5.74, 6) is -3.42. The van der Waals surface area contributed by atoms with Crippen molar-refractivity contribution in [1.29, 1.82) is 0 Å². The van der Waals surface area contributed by atoms with E-state index >= 15 is 0 Å². The standard InChI is InChI=1S/C19H25N5O6/c1-10(19(29)30)22-18(28)15(9-25)24-17(27)14(23-16(26)7-20)6-11-8-21-13-5-3-2-4-12(11)13/h2-5,8,10,14-15,21,25H,6-7,9,20H2,1H3,(H,22,28)(H,23,26)(H,24,27)(H,29,30). The van der Waals surface area contributed by atoms with Crippen LogP contribution in [0.1, 0.15) is 12.5 Å². The number of amides is 3. The number of benzene rings is 1. The van der Waals surface area contributed by atoms with Gasteiger partial charge in [-0.05, 0) is 18.6 Å². The van der Waals surface area contributed by atoms with Gasteiger partial charge in [0.2, 0.25) is 17.7 Å². The van der Waals surface area contributed by atoms with Gasteiger partial charge in [-0.1, -0.05) is 18.2 Å². The number of aromatic nitrogens is 1. The molecule has 0 bridgehead atoms. The number of aromatic amines is 1. The first-order chi connectivity index (χ1) is 14.3. The maximum absolute atomic E-state index is 12.8. The van der Waals surface area contributed by atoms with Crippen molar-refractivity contribution in [3.63, 3.8) is 0 Å². The van der Waals surface area contributed by atoms with E-state index in [2.05, 4.69) is 20.9 Å². The van der Waals surface area contributed by atoms with Crippen LogP contribution in [0.5, 0.6) is 0 Å². The molecule has 1 heterocycles. The van der Waals surface area contributed by atoms with Gasteiger partial charge in [-0.15, -0.1) is 0 Å². The third-order valence-corrected chi connectivity index (χ3v) is 4.48. The average Bonchev–Trinajstić information content (AvgIpc) is 3.13. The number of hydrogen-bond donors (Lipinski definition) is 7. The molecule has 1 aromatic heterocycles. The number of H-pyrrole nitrogens is 1. The minimum atomic E-state index is -1.39. The molecule has 162 valence electrons. The number of hydrogen-bond acceptors (Lipinski definition) is 6. The quantitative estimate of drug-likeness (QED) is 0.237. The Bertz CT molecular complexity index is 927. The summed E-state index contributed by atoms with van der Waals surface area (Å²) in [6, 6.07) is 3.75. The predicted octanol–water partition coefficient (Wildman–Crippen LogP) is -1.78. The van der Waals surface area contributed by atoms with Gasteiger partial charge in [0, 0.05) is 23.5 Å².